The van der Waals surface area contributed by atoms with Crippen molar-refractivity contribution in [3.05, 3.63) is 76.6 Å². The topological polar surface area (TPSA) is 79.5 Å². The molecular formula is C28H33ClF2N6O. The predicted molar refractivity (Wildman–Crippen MR) is 147 cm³/mol. The van der Waals surface area contributed by atoms with Gasteiger partial charge in [-0.05, 0) is 73.7 Å². The summed E-state index contributed by atoms with van der Waals surface area (Å²) in [6.45, 7) is 6.92. The zero-order chi connectivity index (χ0) is 26.8. The van der Waals surface area contributed by atoms with Gasteiger partial charge in [-0.15, -0.1) is 0 Å². The highest BCUT2D eigenvalue weighted by Gasteiger charge is 2.36. The summed E-state index contributed by atoms with van der Waals surface area (Å²) < 4.78 is 33.2. The van der Waals surface area contributed by atoms with Crippen LogP contribution in [0.4, 0.5) is 26.1 Å². The van der Waals surface area contributed by atoms with Gasteiger partial charge in [-0.1, -0.05) is 24.3 Å². The monoisotopic (exact) mass is 542 g/mol. The number of rotatable bonds is 7. The van der Waals surface area contributed by atoms with E-state index in [1.54, 1.807) is 24.3 Å². The molecule has 0 aliphatic carbocycles. The molecule has 10 heteroatoms. The van der Waals surface area contributed by atoms with E-state index in [4.69, 9.17) is 22.1 Å². The fourth-order valence-electron chi connectivity index (χ4n) is 5.47. The number of piperazine rings is 1. The van der Waals surface area contributed by atoms with Crippen LogP contribution < -0.4 is 16.0 Å². The highest BCUT2D eigenvalue weighted by molar-refractivity contribution is 6.28. The van der Waals surface area contributed by atoms with Gasteiger partial charge < -0.3 is 20.7 Å². The molecule has 0 unspecified atom stereocenters. The predicted octanol–water partition coefficient (Wildman–Crippen LogP) is 5.27. The van der Waals surface area contributed by atoms with Crippen LogP contribution in [0, 0.1) is 11.6 Å². The number of halogens is 3. The molecule has 5 rings (SSSR count). The van der Waals surface area contributed by atoms with Crippen molar-refractivity contribution in [3.63, 3.8) is 0 Å². The first-order chi connectivity index (χ1) is 18.3. The van der Waals surface area contributed by atoms with Crippen LogP contribution in [0.5, 0.6) is 0 Å². The Morgan fingerprint density at radius 2 is 1.63 bits per heavy atom. The minimum absolute atomic E-state index is 0.0221. The number of benzene rings is 2. The van der Waals surface area contributed by atoms with Gasteiger partial charge in [-0.2, -0.15) is 9.97 Å². The molecule has 7 nitrogen and oxygen atoms in total. The normalized spacial score (nSPS) is 22.3. The summed E-state index contributed by atoms with van der Waals surface area (Å²) in [5, 5.41) is 3.42. The van der Waals surface area contributed by atoms with Crippen LogP contribution in [0.3, 0.4) is 0 Å². The smallest absolute Gasteiger partial charge is 0.226 e. The Kier molecular flexibility index (Phi) is 7.97. The average molecular weight is 543 g/mol. The van der Waals surface area contributed by atoms with E-state index < -0.39 is 0 Å². The number of nitrogens with two attached hydrogens (primary N) is 1. The molecule has 0 spiro atoms. The van der Waals surface area contributed by atoms with Crippen molar-refractivity contribution in [2.24, 2.45) is 0 Å². The van der Waals surface area contributed by atoms with Gasteiger partial charge in [0.05, 0.1) is 12.1 Å². The minimum atomic E-state index is -0.294. The number of hydrogen-bond acceptors (Lipinski definition) is 7. The maximum Gasteiger partial charge on any atom is 0.226 e. The van der Waals surface area contributed by atoms with Crippen LogP contribution in [0.1, 0.15) is 43.9 Å². The van der Waals surface area contributed by atoms with Gasteiger partial charge in [0.15, 0.2) is 11.6 Å². The van der Waals surface area contributed by atoms with Crippen molar-refractivity contribution in [2.75, 3.05) is 42.2 Å². The molecule has 2 aliphatic rings. The van der Waals surface area contributed by atoms with Crippen molar-refractivity contribution < 1.29 is 13.5 Å². The van der Waals surface area contributed by atoms with E-state index in [1.807, 2.05) is 0 Å². The zero-order valence-corrected chi connectivity index (χ0v) is 22.3. The Balaban J connectivity index is 1.41. The molecule has 2 aliphatic heterocycles. The summed E-state index contributed by atoms with van der Waals surface area (Å²) in [5.41, 5.74) is 8.90. The second kappa shape index (κ2) is 11.4. The maximum absolute atomic E-state index is 13.8. The van der Waals surface area contributed by atoms with E-state index >= 15 is 0 Å². The highest BCUT2D eigenvalue weighted by Crippen LogP contribution is 2.37. The molecule has 0 amide bonds. The molecule has 3 aromatic rings. The molecule has 2 saturated heterocycles. The fraction of sp³-hybridized carbons (Fsp3) is 0.429. The molecule has 2 fully saturated rings. The largest absolute Gasteiger partial charge is 0.393 e. The standard InChI is InChI=1S/C28H33ClF2N6O/c1-17-16-37(27-24(32)26(34-28(29)35-27)33-14-23-4-3-13-38-23)18(2)15-36(17)25(19-5-9-21(30)10-6-19)20-7-11-22(31)12-8-20/h5-12,17-18,23,25H,3-4,13-16,32H2,1-2H3,(H,33,34,35)/t17-,18+,23-/m1/s1. The molecular weight excluding hydrogens is 510 g/mol. The molecule has 202 valence electrons. The lowest BCUT2D eigenvalue weighted by Crippen LogP contribution is -2.57. The summed E-state index contributed by atoms with van der Waals surface area (Å²) in [4.78, 5) is 13.4. The van der Waals surface area contributed by atoms with Crippen molar-refractivity contribution in [1.29, 1.82) is 0 Å². The summed E-state index contributed by atoms with van der Waals surface area (Å²) in [6, 6.07) is 12.9. The molecule has 0 radical (unpaired) electrons. The number of anilines is 3. The third kappa shape index (κ3) is 5.70. The number of hydrogen-bond donors (Lipinski definition) is 2. The molecule has 38 heavy (non-hydrogen) atoms. The second-order valence-corrected chi connectivity index (χ2v) is 10.5. The molecule has 3 N–H and O–H groups in total. The van der Waals surface area contributed by atoms with Gasteiger partial charge in [0, 0.05) is 38.3 Å². The van der Waals surface area contributed by atoms with Crippen molar-refractivity contribution in [3.8, 4) is 0 Å². The lowest BCUT2D eigenvalue weighted by atomic mass is 9.93. The molecule has 0 saturated carbocycles. The summed E-state index contributed by atoms with van der Waals surface area (Å²) in [6.07, 6.45) is 2.18. The van der Waals surface area contributed by atoms with Gasteiger partial charge in [-0.3, -0.25) is 4.90 Å². The first-order valence-electron chi connectivity index (χ1n) is 13.0. The van der Waals surface area contributed by atoms with Gasteiger partial charge >= 0.3 is 0 Å². The van der Waals surface area contributed by atoms with Crippen LogP contribution in [0.25, 0.3) is 0 Å². The molecule has 1 aromatic heterocycles. The van der Waals surface area contributed by atoms with Gasteiger partial charge in [0.25, 0.3) is 0 Å². The zero-order valence-electron chi connectivity index (χ0n) is 21.6. The lowest BCUT2D eigenvalue weighted by Gasteiger charge is -2.48. The highest BCUT2D eigenvalue weighted by atomic mass is 35.5. The number of aromatic nitrogens is 2. The van der Waals surface area contributed by atoms with E-state index in [9.17, 15) is 8.78 Å². The van der Waals surface area contributed by atoms with Crippen LogP contribution in [-0.2, 0) is 4.74 Å². The molecule has 3 atom stereocenters. The lowest BCUT2D eigenvalue weighted by molar-refractivity contribution is 0.120. The van der Waals surface area contributed by atoms with E-state index in [0.717, 1.165) is 30.6 Å². The SMILES string of the molecule is C[C@@H]1CN(c2nc(Cl)nc(NC[C@H]3CCCO3)c2N)[C@@H](C)CN1C(c1ccc(F)cc1)c1ccc(F)cc1. The van der Waals surface area contributed by atoms with E-state index in [0.29, 0.717) is 37.0 Å². The minimum Gasteiger partial charge on any atom is -0.393 e. The number of nitrogen functional groups attached to an aromatic ring is 1. The van der Waals surface area contributed by atoms with Crippen molar-refractivity contribution in [1.82, 2.24) is 14.9 Å². The Hall–Kier alpha value is -3.01. The van der Waals surface area contributed by atoms with E-state index in [-0.39, 0.29) is 41.1 Å². The van der Waals surface area contributed by atoms with Crippen LogP contribution in [0.15, 0.2) is 48.5 Å². The van der Waals surface area contributed by atoms with Crippen molar-refractivity contribution in [2.45, 2.75) is 50.9 Å². The summed E-state index contributed by atoms with van der Waals surface area (Å²) >= 11 is 6.34. The number of nitrogens with zero attached hydrogens (tertiary/aromatic N) is 4. The van der Waals surface area contributed by atoms with E-state index in [2.05, 4.69) is 38.9 Å². The molecule has 2 aromatic carbocycles. The van der Waals surface area contributed by atoms with Crippen LogP contribution >= 0.6 is 11.6 Å². The third-order valence-corrected chi connectivity index (χ3v) is 7.60. The van der Waals surface area contributed by atoms with Gasteiger partial charge in [-0.25, -0.2) is 8.78 Å². The summed E-state index contributed by atoms with van der Waals surface area (Å²) in [5.74, 6) is 0.517. The quantitative estimate of drug-likeness (QED) is 0.394. The van der Waals surface area contributed by atoms with Gasteiger partial charge in [0.2, 0.25) is 5.28 Å². The number of ether oxygens (including phenoxy) is 1. The summed E-state index contributed by atoms with van der Waals surface area (Å²) in [7, 11) is 0. The Morgan fingerprint density at radius 1 is 1.00 bits per heavy atom. The Bertz CT molecular complexity index is 1190. The van der Waals surface area contributed by atoms with Crippen LogP contribution in [0.2, 0.25) is 5.28 Å². The van der Waals surface area contributed by atoms with Crippen molar-refractivity contribution >= 4 is 28.9 Å². The molecule has 0 bridgehead atoms. The second-order valence-electron chi connectivity index (χ2n) is 10.1. The van der Waals surface area contributed by atoms with Crippen LogP contribution in [-0.4, -0.2) is 59.3 Å². The maximum atomic E-state index is 13.8. The molecule has 3 heterocycles. The van der Waals surface area contributed by atoms with E-state index in [1.165, 1.54) is 24.3 Å². The fourth-order valence-corrected chi connectivity index (χ4v) is 5.64. The van der Waals surface area contributed by atoms with Gasteiger partial charge in [0.1, 0.15) is 17.3 Å². The average Bonchev–Trinajstić information content (AvgIpc) is 3.42. The Labute approximate surface area is 227 Å². The third-order valence-electron chi connectivity index (χ3n) is 7.43. The first-order valence-corrected chi connectivity index (χ1v) is 13.4. The number of nitrogens with one attached hydrogen (secondary N) is 1. The first kappa shape index (κ1) is 26.6. The Morgan fingerprint density at radius 3 is 2.21 bits per heavy atom.